The summed E-state index contributed by atoms with van der Waals surface area (Å²) in [4.78, 5) is 0. The molecule has 2 aromatic carbocycles. The summed E-state index contributed by atoms with van der Waals surface area (Å²) in [6, 6.07) is 10.9. The number of rotatable bonds is 5. The number of hydrogen-bond donors (Lipinski definition) is 3. The van der Waals surface area contributed by atoms with E-state index in [4.69, 9.17) is 30.5 Å². The van der Waals surface area contributed by atoms with Crippen LogP contribution in [0.5, 0.6) is 11.5 Å². The summed E-state index contributed by atoms with van der Waals surface area (Å²) in [5.41, 5.74) is 2.27. The highest BCUT2D eigenvalue weighted by Gasteiger charge is 2.54. The number of ether oxygens (including phenoxy) is 4. The van der Waals surface area contributed by atoms with Crippen molar-refractivity contribution in [3.05, 3.63) is 58.1 Å². The van der Waals surface area contributed by atoms with Gasteiger partial charge < -0.3 is 34.3 Å². The Morgan fingerprint density at radius 2 is 1.77 bits per heavy atom. The second-order valence-corrected chi connectivity index (χ2v) is 8.23. The van der Waals surface area contributed by atoms with Crippen LogP contribution < -0.4 is 9.47 Å². The first kappa shape index (κ1) is 22.3. The average Bonchev–Trinajstić information content (AvgIpc) is 2.79. The fourth-order valence-electron chi connectivity index (χ4n) is 4.19. The third-order valence-corrected chi connectivity index (χ3v) is 6.29. The quantitative estimate of drug-likeness (QED) is 0.643. The van der Waals surface area contributed by atoms with Gasteiger partial charge in [-0.15, -0.1) is 0 Å². The van der Waals surface area contributed by atoms with E-state index in [0.29, 0.717) is 48.1 Å². The van der Waals surface area contributed by atoms with E-state index in [1.54, 1.807) is 18.2 Å². The fraction of sp³-hybridized carbons (Fsp3) is 0.478. The largest absolute Gasteiger partial charge is 0.486 e. The van der Waals surface area contributed by atoms with Crippen LogP contribution in [0.25, 0.3) is 0 Å². The van der Waals surface area contributed by atoms with Crippen LogP contribution in [0.1, 0.15) is 30.0 Å². The van der Waals surface area contributed by atoms with Crippen molar-refractivity contribution in [3.8, 4) is 11.5 Å². The van der Waals surface area contributed by atoms with E-state index in [1.807, 2.05) is 25.1 Å². The third-order valence-electron chi connectivity index (χ3n) is 5.93. The molecule has 3 N–H and O–H groups in total. The van der Waals surface area contributed by atoms with Gasteiger partial charge in [-0.2, -0.15) is 0 Å². The van der Waals surface area contributed by atoms with Crippen molar-refractivity contribution in [3.63, 3.8) is 0 Å². The second kappa shape index (κ2) is 8.94. The van der Waals surface area contributed by atoms with Crippen LogP contribution in [-0.4, -0.2) is 60.1 Å². The Kier molecular flexibility index (Phi) is 6.44. The molecule has 2 aliphatic heterocycles. The van der Waals surface area contributed by atoms with Crippen LogP contribution >= 0.6 is 11.6 Å². The molecule has 5 atom stereocenters. The average molecular weight is 451 g/mol. The normalized spacial score (nSPS) is 30.3. The number of methoxy groups -OCH3 is 1. The molecular formula is C23H27ClO7. The van der Waals surface area contributed by atoms with Gasteiger partial charge in [0.25, 0.3) is 0 Å². The fourth-order valence-corrected chi connectivity index (χ4v) is 4.38. The Morgan fingerprint density at radius 3 is 2.48 bits per heavy atom. The highest BCUT2D eigenvalue weighted by atomic mass is 35.5. The van der Waals surface area contributed by atoms with Gasteiger partial charge in [0.2, 0.25) is 5.79 Å². The molecule has 0 saturated carbocycles. The molecular weight excluding hydrogens is 424 g/mol. The van der Waals surface area contributed by atoms with Crippen molar-refractivity contribution in [1.29, 1.82) is 0 Å². The second-order valence-electron chi connectivity index (χ2n) is 7.82. The molecule has 1 fully saturated rings. The SMILES string of the molecule is CC[C@H]1OC(OC)(c2ccc(Cl)c(Cc3ccc4c(c3)OCCO4)c2)[C@H](O)[C@@H](O)[C@@H]1O. The zero-order valence-corrected chi connectivity index (χ0v) is 18.2. The molecule has 0 aliphatic carbocycles. The van der Waals surface area contributed by atoms with Crippen LogP contribution in [-0.2, 0) is 21.7 Å². The van der Waals surface area contributed by atoms with Gasteiger partial charge in [-0.1, -0.05) is 30.7 Å². The van der Waals surface area contributed by atoms with Crippen molar-refractivity contribution >= 4 is 11.6 Å². The molecule has 1 saturated heterocycles. The summed E-state index contributed by atoms with van der Waals surface area (Å²) in [5, 5.41) is 32.0. The molecule has 0 spiro atoms. The summed E-state index contributed by atoms with van der Waals surface area (Å²) >= 11 is 6.47. The molecule has 2 aromatic rings. The van der Waals surface area contributed by atoms with E-state index in [0.717, 1.165) is 11.1 Å². The predicted octanol–water partition coefficient (Wildman–Crippen LogP) is 2.39. The first-order chi connectivity index (χ1) is 14.9. The van der Waals surface area contributed by atoms with Gasteiger partial charge in [-0.3, -0.25) is 0 Å². The summed E-state index contributed by atoms with van der Waals surface area (Å²) in [5.74, 6) is -0.228. The lowest BCUT2D eigenvalue weighted by Crippen LogP contribution is -2.63. The lowest BCUT2D eigenvalue weighted by atomic mass is 9.86. The van der Waals surface area contributed by atoms with Gasteiger partial charge in [0.05, 0.1) is 6.10 Å². The highest BCUT2D eigenvalue weighted by Crippen LogP contribution is 2.41. The van der Waals surface area contributed by atoms with Gasteiger partial charge in [0.15, 0.2) is 11.5 Å². The minimum Gasteiger partial charge on any atom is -0.486 e. The minimum absolute atomic E-state index is 0.438. The van der Waals surface area contributed by atoms with E-state index < -0.39 is 30.2 Å². The van der Waals surface area contributed by atoms with Gasteiger partial charge in [-0.25, -0.2) is 0 Å². The molecule has 0 aromatic heterocycles. The van der Waals surface area contributed by atoms with Gasteiger partial charge in [0.1, 0.15) is 31.5 Å². The molecule has 4 rings (SSSR count). The zero-order chi connectivity index (χ0) is 22.2. The molecule has 31 heavy (non-hydrogen) atoms. The van der Waals surface area contributed by atoms with E-state index in [2.05, 4.69) is 0 Å². The molecule has 0 bridgehead atoms. The lowest BCUT2D eigenvalue weighted by molar-refractivity contribution is -0.363. The van der Waals surface area contributed by atoms with Crippen LogP contribution in [0.2, 0.25) is 5.02 Å². The Bertz CT molecular complexity index is 934. The monoisotopic (exact) mass is 450 g/mol. The topological polar surface area (TPSA) is 97.6 Å². The summed E-state index contributed by atoms with van der Waals surface area (Å²) in [6.07, 6.45) is -3.88. The molecule has 2 heterocycles. The molecule has 0 amide bonds. The smallest absolute Gasteiger partial charge is 0.224 e. The van der Waals surface area contributed by atoms with E-state index in [1.165, 1.54) is 7.11 Å². The van der Waals surface area contributed by atoms with E-state index in [-0.39, 0.29) is 0 Å². The number of hydrogen-bond acceptors (Lipinski definition) is 7. The van der Waals surface area contributed by atoms with Crippen molar-refractivity contribution in [2.75, 3.05) is 20.3 Å². The number of benzene rings is 2. The van der Waals surface area contributed by atoms with Crippen molar-refractivity contribution in [2.24, 2.45) is 0 Å². The van der Waals surface area contributed by atoms with Crippen LogP contribution in [0.3, 0.4) is 0 Å². The summed E-state index contributed by atoms with van der Waals surface area (Å²) < 4.78 is 22.9. The number of fused-ring (bicyclic) bond motifs is 1. The third kappa shape index (κ3) is 4.02. The maximum absolute atomic E-state index is 10.8. The van der Waals surface area contributed by atoms with Gasteiger partial charge >= 0.3 is 0 Å². The number of aliphatic hydroxyl groups is 3. The molecule has 2 aliphatic rings. The molecule has 1 unspecified atom stereocenters. The Morgan fingerprint density at radius 1 is 1.03 bits per heavy atom. The van der Waals surface area contributed by atoms with Crippen molar-refractivity contribution in [2.45, 2.75) is 50.0 Å². The zero-order valence-electron chi connectivity index (χ0n) is 17.5. The summed E-state index contributed by atoms with van der Waals surface area (Å²) in [7, 11) is 1.40. The Balaban J connectivity index is 1.68. The van der Waals surface area contributed by atoms with Crippen LogP contribution in [0.4, 0.5) is 0 Å². The van der Waals surface area contributed by atoms with Crippen LogP contribution in [0, 0.1) is 0 Å². The van der Waals surface area contributed by atoms with E-state index in [9.17, 15) is 15.3 Å². The first-order valence-electron chi connectivity index (χ1n) is 10.3. The number of aliphatic hydroxyl groups excluding tert-OH is 3. The van der Waals surface area contributed by atoms with E-state index >= 15 is 0 Å². The summed E-state index contributed by atoms with van der Waals surface area (Å²) in [6.45, 7) is 2.86. The standard InChI is InChI=1S/C23H27ClO7/c1-3-17-20(25)21(26)22(27)23(28-2,31-17)15-5-6-16(24)14(12-15)10-13-4-7-18-19(11-13)30-9-8-29-18/h4-7,11-12,17,20-22,25-27H,3,8-10H2,1-2H3/t17-,20-,21+,22-,23?/m1/s1. The van der Waals surface area contributed by atoms with Gasteiger partial charge in [-0.05, 0) is 48.2 Å². The first-order valence-corrected chi connectivity index (χ1v) is 10.7. The maximum Gasteiger partial charge on any atom is 0.224 e. The Hall–Kier alpha value is -1.87. The van der Waals surface area contributed by atoms with Gasteiger partial charge in [0, 0.05) is 17.7 Å². The predicted molar refractivity (Wildman–Crippen MR) is 114 cm³/mol. The molecule has 0 radical (unpaired) electrons. The Labute approximate surface area is 186 Å². The van der Waals surface area contributed by atoms with Crippen LogP contribution in [0.15, 0.2) is 36.4 Å². The lowest BCUT2D eigenvalue weighted by Gasteiger charge is -2.48. The highest BCUT2D eigenvalue weighted by molar-refractivity contribution is 6.31. The molecule has 8 heteroatoms. The molecule has 168 valence electrons. The maximum atomic E-state index is 10.8. The minimum atomic E-state index is -1.63. The molecule has 7 nitrogen and oxygen atoms in total. The van der Waals surface area contributed by atoms with Crippen molar-refractivity contribution in [1.82, 2.24) is 0 Å². The van der Waals surface area contributed by atoms with Crippen molar-refractivity contribution < 1.29 is 34.3 Å². The number of halogens is 1.